The highest BCUT2D eigenvalue weighted by molar-refractivity contribution is 7.90. The Labute approximate surface area is 203 Å². The van der Waals surface area contributed by atoms with Crippen LogP contribution in [0.25, 0.3) is 0 Å². The largest absolute Gasteiger partial charge is 0.339 e. The second-order valence-corrected chi connectivity index (χ2v) is 11.1. The highest BCUT2D eigenvalue weighted by Crippen LogP contribution is 2.38. The fourth-order valence-electron chi connectivity index (χ4n) is 4.45. The van der Waals surface area contributed by atoms with E-state index in [1.807, 2.05) is 7.05 Å². The van der Waals surface area contributed by atoms with Crippen LogP contribution in [0.3, 0.4) is 0 Å². The summed E-state index contributed by atoms with van der Waals surface area (Å²) in [5, 5.41) is 2.68. The van der Waals surface area contributed by atoms with Gasteiger partial charge < -0.3 is 10.2 Å². The van der Waals surface area contributed by atoms with E-state index in [1.54, 1.807) is 29.2 Å². The Morgan fingerprint density at radius 3 is 2.52 bits per heavy atom. The smallest absolute Gasteiger partial charge is 0.336 e. The Morgan fingerprint density at radius 2 is 1.82 bits per heavy atom. The van der Waals surface area contributed by atoms with Gasteiger partial charge in [-0.25, -0.2) is 17.5 Å². The molecule has 2 aromatic carbocycles. The van der Waals surface area contributed by atoms with E-state index < -0.39 is 16.1 Å². The second kappa shape index (κ2) is 9.52. The zero-order valence-electron chi connectivity index (χ0n) is 18.2. The van der Waals surface area contributed by atoms with Crippen LogP contribution >= 0.6 is 23.2 Å². The van der Waals surface area contributed by atoms with Gasteiger partial charge in [-0.1, -0.05) is 61.0 Å². The second-order valence-electron chi connectivity index (χ2n) is 8.47. The average Bonchev–Trinajstić information content (AvgIpc) is 3.04. The van der Waals surface area contributed by atoms with Crippen molar-refractivity contribution >= 4 is 50.9 Å². The minimum atomic E-state index is -4.21. The van der Waals surface area contributed by atoms with Crippen LogP contribution in [0.4, 0.5) is 10.5 Å². The van der Waals surface area contributed by atoms with Crippen LogP contribution in [-0.2, 0) is 16.6 Å². The van der Waals surface area contributed by atoms with Crippen LogP contribution in [0.1, 0.15) is 54.4 Å². The number of nitrogens with zero attached hydrogens (tertiary/aromatic N) is 2. The Kier molecular flexibility index (Phi) is 6.88. The number of sulfonamides is 1. The number of hydrogen-bond acceptors (Lipinski definition) is 4. The number of carbonyl (C=O) groups excluding carboxylic acids is 2. The van der Waals surface area contributed by atoms with E-state index in [2.05, 4.69) is 5.32 Å². The van der Waals surface area contributed by atoms with Gasteiger partial charge in [0.25, 0.3) is 15.9 Å². The molecule has 1 aliphatic heterocycles. The summed E-state index contributed by atoms with van der Waals surface area (Å²) in [6.45, 7) is -0.235. The average molecular weight is 510 g/mol. The quantitative estimate of drug-likeness (QED) is 0.549. The molecule has 2 aromatic rings. The fourth-order valence-corrected chi connectivity index (χ4v) is 6.73. The number of anilines is 1. The van der Waals surface area contributed by atoms with E-state index in [-0.39, 0.29) is 39.1 Å². The van der Waals surface area contributed by atoms with Crippen molar-refractivity contribution in [3.8, 4) is 0 Å². The van der Waals surface area contributed by atoms with Crippen molar-refractivity contribution in [3.63, 3.8) is 0 Å². The zero-order chi connectivity index (χ0) is 23.8. The van der Waals surface area contributed by atoms with E-state index in [0.717, 1.165) is 25.7 Å². The van der Waals surface area contributed by atoms with Crippen molar-refractivity contribution < 1.29 is 18.0 Å². The summed E-state index contributed by atoms with van der Waals surface area (Å²) < 4.78 is 27.1. The molecule has 1 N–H and O–H groups in total. The predicted octanol–water partition coefficient (Wildman–Crippen LogP) is 5.52. The molecule has 0 saturated heterocycles. The molecule has 0 aromatic heterocycles. The lowest BCUT2D eigenvalue weighted by molar-refractivity contribution is 0.0717. The lowest BCUT2D eigenvalue weighted by Gasteiger charge is -2.30. The monoisotopic (exact) mass is 509 g/mol. The summed E-state index contributed by atoms with van der Waals surface area (Å²) in [6.07, 6.45) is 6.58. The van der Waals surface area contributed by atoms with Gasteiger partial charge in [0.2, 0.25) is 0 Å². The molecule has 0 radical (unpaired) electrons. The Balaban J connectivity index is 1.58. The van der Waals surface area contributed by atoms with Gasteiger partial charge in [0, 0.05) is 23.7 Å². The van der Waals surface area contributed by atoms with Crippen LogP contribution in [0.5, 0.6) is 0 Å². The molecular weight excluding hydrogens is 485 g/mol. The van der Waals surface area contributed by atoms with Crippen LogP contribution in [0, 0.1) is 0 Å². The first-order valence-corrected chi connectivity index (χ1v) is 13.1. The Hall–Kier alpha value is -2.29. The molecule has 0 atom stereocenters. The third-order valence-corrected chi connectivity index (χ3v) is 8.68. The van der Waals surface area contributed by atoms with Gasteiger partial charge in [-0.2, -0.15) is 0 Å². The molecule has 2 aliphatic rings. The van der Waals surface area contributed by atoms with E-state index >= 15 is 0 Å². The minimum Gasteiger partial charge on any atom is -0.339 e. The molecule has 0 bridgehead atoms. The highest BCUT2D eigenvalue weighted by Gasteiger charge is 2.39. The number of benzene rings is 2. The molecule has 7 nitrogen and oxygen atoms in total. The Morgan fingerprint density at radius 1 is 1.12 bits per heavy atom. The fraction of sp³-hybridized carbons (Fsp3) is 0.391. The highest BCUT2D eigenvalue weighted by atomic mass is 35.5. The number of rotatable bonds is 4. The SMILES string of the molecule is CN(C(=O)c1cccc(CN2C(=O)Nc3cc(Cl)cc(Cl)c3S2(=O)=O)c1)C1CCCCCC1. The third-order valence-electron chi connectivity index (χ3n) is 6.22. The van der Waals surface area contributed by atoms with Gasteiger partial charge in [0.15, 0.2) is 0 Å². The molecule has 4 rings (SSSR count). The molecule has 33 heavy (non-hydrogen) atoms. The summed E-state index contributed by atoms with van der Waals surface area (Å²) in [5.41, 5.74) is 1.02. The Bertz CT molecular complexity index is 1190. The lowest BCUT2D eigenvalue weighted by atomic mass is 10.1. The first-order valence-electron chi connectivity index (χ1n) is 10.9. The molecule has 0 unspecified atom stereocenters. The number of halogens is 2. The molecule has 1 saturated carbocycles. The number of fused-ring (bicyclic) bond motifs is 1. The summed E-state index contributed by atoms with van der Waals surface area (Å²) in [5.74, 6) is -0.113. The normalized spacial score (nSPS) is 18.3. The maximum Gasteiger partial charge on any atom is 0.336 e. The summed E-state index contributed by atoms with van der Waals surface area (Å²) >= 11 is 12.1. The molecule has 10 heteroatoms. The van der Waals surface area contributed by atoms with Gasteiger partial charge in [0.05, 0.1) is 17.3 Å². The summed E-state index contributed by atoms with van der Waals surface area (Å²) in [7, 11) is -2.40. The maximum atomic E-state index is 13.2. The number of urea groups is 1. The number of hydrogen-bond donors (Lipinski definition) is 1. The maximum absolute atomic E-state index is 13.2. The van der Waals surface area contributed by atoms with Crippen molar-refractivity contribution in [2.75, 3.05) is 12.4 Å². The van der Waals surface area contributed by atoms with Gasteiger partial charge in [-0.05, 0) is 42.7 Å². The van der Waals surface area contributed by atoms with E-state index in [9.17, 15) is 18.0 Å². The molecule has 1 fully saturated rings. The van der Waals surface area contributed by atoms with Crippen LogP contribution in [0.15, 0.2) is 41.3 Å². The predicted molar refractivity (Wildman–Crippen MR) is 128 cm³/mol. The van der Waals surface area contributed by atoms with E-state index in [0.29, 0.717) is 15.4 Å². The number of carbonyl (C=O) groups is 2. The molecule has 1 aliphatic carbocycles. The topological polar surface area (TPSA) is 86.8 Å². The van der Waals surface area contributed by atoms with Crippen molar-refractivity contribution in [1.82, 2.24) is 9.21 Å². The summed E-state index contributed by atoms with van der Waals surface area (Å²) in [6, 6.07) is 8.77. The van der Waals surface area contributed by atoms with Crippen molar-refractivity contribution in [2.24, 2.45) is 0 Å². The molecule has 176 valence electrons. The number of nitrogens with one attached hydrogen (secondary N) is 1. The first-order chi connectivity index (χ1) is 15.7. The molecular formula is C23H25Cl2N3O4S. The van der Waals surface area contributed by atoms with Crippen molar-refractivity contribution in [3.05, 3.63) is 57.6 Å². The summed E-state index contributed by atoms with van der Waals surface area (Å²) in [4.78, 5) is 27.3. The van der Waals surface area contributed by atoms with Crippen LogP contribution in [0.2, 0.25) is 10.0 Å². The van der Waals surface area contributed by atoms with Crippen LogP contribution < -0.4 is 5.32 Å². The minimum absolute atomic E-state index is 0.0442. The standard InChI is InChI=1S/C23H25Cl2N3O4S/c1-27(18-9-4-2-3-5-10-18)22(29)16-8-6-7-15(11-16)14-28-23(30)26-20-13-17(24)12-19(25)21(20)33(28,31)32/h6-8,11-13,18H,2-5,9-10,14H2,1H3,(H,26,30). The van der Waals surface area contributed by atoms with Gasteiger partial charge >= 0.3 is 6.03 Å². The number of amides is 3. The third kappa shape index (κ3) is 4.83. The van der Waals surface area contributed by atoms with E-state index in [1.165, 1.54) is 25.0 Å². The van der Waals surface area contributed by atoms with Gasteiger partial charge in [-0.3, -0.25) is 4.79 Å². The zero-order valence-corrected chi connectivity index (χ0v) is 20.5. The first kappa shape index (κ1) is 23.9. The molecule has 1 heterocycles. The molecule has 3 amide bonds. The van der Waals surface area contributed by atoms with Gasteiger partial charge in [0.1, 0.15) is 4.90 Å². The van der Waals surface area contributed by atoms with Crippen molar-refractivity contribution in [2.45, 2.75) is 56.0 Å². The van der Waals surface area contributed by atoms with Gasteiger partial charge in [-0.15, -0.1) is 0 Å². The van der Waals surface area contributed by atoms with Crippen molar-refractivity contribution in [1.29, 1.82) is 0 Å². The lowest BCUT2D eigenvalue weighted by Crippen LogP contribution is -2.43. The van der Waals surface area contributed by atoms with E-state index in [4.69, 9.17) is 23.2 Å². The van der Waals surface area contributed by atoms with Crippen LogP contribution in [-0.4, -0.2) is 42.7 Å². The molecule has 0 spiro atoms.